The molecule has 1 N–H and O–H groups in total. The Balaban J connectivity index is 3.22. The Labute approximate surface area is 77.4 Å². The summed E-state index contributed by atoms with van der Waals surface area (Å²) in [5.74, 6) is -2.04. The van der Waals surface area contributed by atoms with E-state index in [1.165, 1.54) is 0 Å². The molecule has 1 rings (SSSR count). The first-order valence-corrected chi connectivity index (χ1v) is 3.59. The first-order chi connectivity index (χ1) is 6.56. The van der Waals surface area contributed by atoms with Gasteiger partial charge >= 0.3 is 0 Å². The van der Waals surface area contributed by atoms with Crippen molar-refractivity contribution in [3.63, 3.8) is 0 Å². The Hall–Kier alpha value is -1.77. The van der Waals surface area contributed by atoms with E-state index in [4.69, 9.17) is 10.4 Å². The SMILES string of the molecule is N#CCc1nc(C(F)F)cc(F)c1O. The van der Waals surface area contributed by atoms with Crippen molar-refractivity contribution in [3.05, 3.63) is 23.3 Å². The van der Waals surface area contributed by atoms with E-state index in [1.807, 2.05) is 0 Å². The van der Waals surface area contributed by atoms with Crippen molar-refractivity contribution in [2.75, 3.05) is 0 Å². The highest BCUT2D eigenvalue weighted by Gasteiger charge is 2.16. The molecule has 14 heavy (non-hydrogen) atoms. The first-order valence-electron chi connectivity index (χ1n) is 3.59. The summed E-state index contributed by atoms with van der Waals surface area (Å²) >= 11 is 0. The fraction of sp³-hybridized carbons (Fsp3) is 0.250. The molecule has 1 aromatic heterocycles. The highest BCUT2D eigenvalue weighted by atomic mass is 19.3. The summed E-state index contributed by atoms with van der Waals surface area (Å²) in [4.78, 5) is 3.26. The van der Waals surface area contributed by atoms with Crippen LogP contribution in [0.4, 0.5) is 13.2 Å². The summed E-state index contributed by atoms with van der Waals surface area (Å²) in [6, 6.07) is 2.03. The van der Waals surface area contributed by atoms with Crippen LogP contribution in [0.5, 0.6) is 5.75 Å². The van der Waals surface area contributed by atoms with Crippen LogP contribution in [0.15, 0.2) is 6.07 Å². The lowest BCUT2D eigenvalue weighted by molar-refractivity contribution is 0.145. The lowest BCUT2D eigenvalue weighted by Gasteiger charge is -2.04. The Morgan fingerprint density at radius 2 is 2.21 bits per heavy atom. The number of rotatable bonds is 2. The summed E-state index contributed by atoms with van der Waals surface area (Å²) in [5, 5.41) is 17.3. The van der Waals surface area contributed by atoms with Crippen LogP contribution in [0, 0.1) is 17.1 Å². The van der Waals surface area contributed by atoms with Crippen LogP contribution in [-0.2, 0) is 6.42 Å². The lowest BCUT2D eigenvalue weighted by atomic mass is 10.2. The van der Waals surface area contributed by atoms with E-state index in [2.05, 4.69) is 4.98 Å². The molecule has 0 aromatic carbocycles. The summed E-state index contributed by atoms with van der Waals surface area (Å²) in [6.07, 6.45) is -3.34. The van der Waals surface area contributed by atoms with Gasteiger partial charge in [0, 0.05) is 6.07 Å². The normalized spacial score (nSPS) is 10.2. The molecule has 1 heterocycles. The fourth-order valence-electron chi connectivity index (χ4n) is 0.887. The van der Waals surface area contributed by atoms with Gasteiger partial charge in [0.2, 0.25) is 0 Å². The third-order valence-corrected chi connectivity index (χ3v) is 1.51. The number of nitriles is 1. The van der Waals surface area contributed by atoms with Crippen LogP contribution in [0.2, 0.25) is 0 Å². The van der Waals surface area contributed by atoms with E-state index in [-0.39, 0.29) is 5.69 Å². The lowest BCUT2D eigenvalue weighted by Crippen LogP contribution is -1.98. The average molecular weight is 202 g/mol. The molecule has 0 aliphatic carbocycles. The number of hydrogen-bond donors (Lipinski definition) is 1. The second-order valence-corrected chi connectivity index (χ2v) is 2.46. The van der Waals surface area contributed by atoms with Crippen molar-refractivity contribution in [2.24, 2.45) is 0 Å². The Morgan fingerprint density at radius 3 is 2.71 bits per heavy atom. The molecule has 0 radical (unpaired) electrons. The van der Waals surface area contributed by atoms with Crippen LogP contribution in [0.1, 0.15) is 17.8 Å². The minimum absolute atomic E-state index is 0.372. The maximum Gasteiger partial charge on any atom is 0.280 e. The van der Waals surface area contributed by atoms with Gasteiger partial charge in [0.25, 0.3) is 6.43 Å². The predicted octanol–water partition coefficient (Wildman–Crippen LogP) is 1.93. The summed E-state index contributed by atoms with van der Waals surface area (Å²) in [5.41, 5.74) is -1.16. The van der Waals surface area contributed by atoms with Gasteiger partial charge in [0.1, 0.15) is 5.69 Å². The number of nitrogens with zero attached hydrogens (tertiary/aromatic N) is 2. The molecule has 0 bridgehead atoms. The van der Waals surface area contributed by atoms with Crippen molar-refractivity contribution in [1.82, 2.24) is 4.98 Å². The minimum Gasteiger partial charge on any atom is -0.504 e. The second-order valence-electron chi connectivity index (χ2n) is 2.46. The van der Waals surface area contributed by atoms with E-state index < -0.39 is 30.1 Å². The van der Waals surface area contributed by atoms with E-state index in [0.717, 1.165) is 0 Å². The Kier molecular flexibility index (Phi) is 2.92. The topological polar surface area (TPSA) is 56.9 Å². The number of alkyl halides is 2. The third kappa shape index (κ3) is 1.93. The van der Waals surface area contributed by atoms with Gasteiger partial charge in [0.15, 0.2) is 11.6 Å². The molecule has 0 saturated carbocycles. The van der Waals surface area contributed by atoms with Gasteiger partial charge < -0.3 is 5.11 Å². The van der Waals surface area contributed by atoms with Gasteiger partial charge in [-0.1, -0.05) is 0 Å². The molecule has 1 aromatic rings. The van der Waals surface area contributed by atoms with Crippen LogP contribution in [-0.4, -0.2) is 10.1 Å². The van der Waals surface area contributed by atoms with Gasteiger partial charge in [-0.25, -0.2) is 18.2 Å². The zero-order valence-electron chi connectivity index (χ0n) is 6.84. The highest BCUT2D eigenvalue weighted by molar-refractivity contribution is 5.32. The Morgan fingerprint density at radius 1 is 1.57 bits per heavy atom. The fourth-order valence-corrected chi connectivity index (χ4v) is 0.887. The van der Waals surface area contributed by atoms with Crippen LogP contribution < -0.4 is 0 Å². The molecule has 0 aliphatic heterocycles. The number of pyridine rings is 1. The number of aromatic hydroxyl groups is 1. The summed E-state index contributed by atoms with van der Waals surface area (Å²) < 4.78 is 37.0. The minimum atomic E-state index is -2.93. The molecule has 0 unspecified atom stereocenters. The van der Waals surface area contributed by atoms with Crippen molar-refractivity contribution in [1.29, 1.82) is 5.26 Å². The number of hydrogen-bond acceptors (Lipinski definition) is 3. The molecule has 0 fully saturated rings. The van der Waals surface area contributed by atoms with E-state index >= 15 is 0 Å². The smallest absolute Gasteiger partial charge is 0.280 e. The molecule has 0 spiro atoms. The first kappa shape index (κ1) is 10.3. The standard InChI is InChI=1S/C8H5F3N2O/c9-4-3-6(8(10)11)13-5(1-2-12)7(4)14/h3,8,14H,1H2. The predicted molar refractivity (Wildman–Crippen MR) is 40.1 cm³/mol. The maximum absolute atomic E-state index is 12.8. The highest BCUT2D eigenvalue weighted by Crippen LogP contribution is 2.25. The van der Waals surface area contributed by atoms with Gasteiger partial charge in [-0.15, -0.1) is 0 Å². The second kappa shape index (κ2) is 3.96. The van der Waals surface area contributed by atoms with Crippen LogP contribution in [0.25, 0.3) is 0 Å². The van der Waals surface area contributed by atoms with Crippen LogP contribution >= 0.6 is 0 Å². The molecular formula is C8H5F3N2O. The summed E-state index contributed by atoms with van der Waals surface area (Å²) in [6.45, 7) is 0. The van der Waals surface area contributed by atoms with Crippen molar-refractivity contribution in [3.8, 4) is 11.8 Å². The Bertz CT molecular complexity index is 387. The number of aromatic nitrogens is 1. The maximum atomic E-state index is 12.8. The molecule has 0 saturated heterocycles. The molecule has 0 amide bonds. The van der Waals surface area contributed by atoms with E-state index in [9.17, 15) is 13.2 Å². The number of halogens is 3. The van der Waals surface area contributed by atoms with Gasteiger partial charge in [-0.3, -0.25) is 0 Å². The largest absolute Gasteiger partial charge is 0.504 e. The van der Waals surface area contributed by atoms with Crippen molar-refractivity contribution >= 4 is 0 Å². The monoisotopic (exact) mass is 202 g/mol. The molecular weight excluding hydrogens is 197 g/mol. The van der Waals surface area contributed by atoms with Gasteiger partial charge in [-0.05, 0) is 0 Å². The average Bonchev–Trinajstić information content (AvgIpc) is 2.12. The summed E-state index contributed by atoms with van der Waals surface area (Å²) in [7, 11) is 0. The van der Waals surface area contributed by atoms with Crippen molar-refractivity contribution in [2.45, 2.75) is 12.8 Å². The van der Waals surface area contributed by atoms with E-state index in [0.29, 0.717) is 6.07 Å². The van der Waals surface area contributed by atoms with E-state index in [1.54, 1.807) is 6.07 Å². The van der Waals surface area contributed by atoms with Gasteiger partial charge in [0.05, 0.1) is 18.2 Å². The zero-order chi connectivity index (χ0) is 10.7. The van der Waals surface area contributed by atoms with Crippen molar-refractivity contribution < 1.29 is 18.3 Å². The quantitative estimate of drug-likeness (QED) is 0.797. The molecule has 0 aliphatic rings. The molecule has 74 valence electrons. The molecule has 3 nitrogen and oxygen atoms in total. The third-order valence-electron chi connectivity index (χ3n) is 1.51. The van der Waals surface area contributed by atoms with Gasteiger partial charge in [-0.2, -0.15) is 5.26 Å². The molecule has 0 atom stereocenters. The molecule has 6 heteroatoms. The van der Waals surface area contributed by atoms with Crippen LogP contribution in [0.3, 0.4) is 0 Å². The zero-order valence-corrected chi connectivity index (χ0v) is 6.84.